The zero-order valence-electron chi connectivity index (χ0n) is 9.34. The molecule has 82 valence electrons. The highest BCUT2D eigenvalue weighted by Gasteiger charge is 2.08. The number of ether oxygens (including phenoxy) is 1. The molecule has 1 aromatic carbocycles. The molecule has 1 heterocycles. The van der Waals surface area contributed by atoms with Gasteiger partial charge in [0.25, 0.3) is 0 Å². The molecule has 0 radical (unpaired) electrons. The van der Waals surface area contributed by atoms with Gasteiger partial charge in [-0.2, -0.15) is 0 Å². The van der Waals surface area contributed by atoms with Crippen LogP contribution in [0.4, 0.5) is 11.4 Å². The maximum absolute atomic E-state index is 5.62. The van der Waals surface area contributed by atoms with Crippen LogP contribution in [0.3, 0.4) is 0 Å². The van der Waals surface area contributed by atoms with Crippen LogP contribution in [-0.4, -0.2) is 19.2 Å². The molecular formula is C12H18N2O. The number of hydrogen-bond acceptors (Lipinski definition) is 3. The normalized spacial score (nSPS) is 14.9. The van der Waals surface area contributed by atoms with E-state index in [4.69, 9.17) is 4.74 Å². The van der Waals surface area contributed by atoms with Crippen LogP contribution in [0.25, 0.3) is 0 Å². The molecule has 2 rings (SSSR count). The third-order valence-corrected chi connectivity index (χ3v) is 2.33. The molecule has 0 aromatic heterocycles. The highest BCUT2D eigenvalue weighted by Crippen LogP contribution is 2.29. The van der Waals surface area contributed by atoms with Crippen molar-refractivity contribution in [2.75, 3.05) is 23.8 Å². The Bertz CT molecular complexity index is 336. The van der Waals surface area contributed by atoms with Crippen LogP contribution in [0.1, 0.15) is 20.3 Å². The van der Waals surface area contributed by atoms with E-state index >= 15 is 0 Å². The van der Waals surface area contributed by atoms with E-state index in [0.717, 1.165) is 36.7 Å². The first-order valence-electron chi connectivity index (χ1n) is 5.53. The largest absolute Gasteiger partial charge is 0.491 e. The summed E-state index contributed by atoms with van der Waals surface area (Å²) in [5.41, 5.74) is 2.24. The predicted octanol–water partition coefficient (Wildman–Crippen LogP) is 2.70. The van der Waals surface area contributed by atoms with E-state index < -0.39 is 0 Å². The monoisotopic (exact) mass is 206 g/mol. The zero-order valence-corrected chi connectivity index (χ0v) is 9.34. The second kappa shape index (κ2) is 4.43. The average Bonchev–Trinajstić information content (AvgIpc) is 2.41. The quantitative estimate of drug-likeness (QED) is 0.780. The van der Waals surface area contributed by atoms with Crippen molar-refractivity contribution >= 4 is 11.4 Å². The second-order valence-corrected chi connectivity index (χ2v) is 4.14. The Morgan fingerprint density at radius 3 is 3.07 bits per heavy atom. The smallest absolute Gasteiger partial charge is 0.142 e. The minimum Gasteiger partial charge on any atom is -0.491 e. The van der Waals surface area contributed by atoms with Crippen molar-refractivity contribution in [3.63, 3.8) is 0 Å². The van der Waals surface area contributed by atoms with Crippen LogP contribution in [0.5, 0.6) is 5.75 Å². The van der Waals surface area contributed by atoms with Gasteiger partial charge in [-0.05, 0) is 38.5 Å². The molecule has 0 fully saturated rings. The average molecular weight is 206 g/mol. The Kier molecular flexibility index (Phi) is 2.99. The summed E-state index contributed by atoms with van der Waals surface area (Å²) in [6.45, 7) is 6.06. The van der Waals surface area contributed by atoms with Crippen molar-refractivity contribution in [2.24, 2.45) is 0 Å². The third kappa shape index (κ3) is 2.55. The number of rotatable bonds is 2. The Labute approximate surface area is 90.8 Å². The van der Waals surface area contributed by atoms with Crippen molar-refractivity contribution < 1.29 is 4.74 Å². The minimum atomic E-state index is 0.453. The first kappa shape index (κ1) is 10.1. The first-order valence-corrected chi connectivity index (χ1v) is 5.53. The lowest BCUT2D eigenvalue weighted by atomic mass is 10.2. The van der Waals surface area contributed by atoms with Gasteiger partial charge in [-0.1, -0.05) is 0 Å². The molecule has 0 aliphatic carbocycles. The maximum atomic E-state index is 5.62. The summed E-state index contributed by atoms with van der Waals surface area (Å²) >= 11 is 0. The van der Waals surface area contributed by atoms with Crippen LogP contribution in [0.15, 0.2) is 18.2 Å². The molecule has 0 spiro atoms. The van der Waals surface area contributed by atoms with Crippen molar-refractivity contribution in [1.82, 2.24) is 0 Å². The van der Waals surface area contributed by atoms with Crippen LogP contribution < -0.4 is 15.4 Å². The van der Waals surface area contributed by atoms with Crippen LogP contribution >= 0.6 is 0 Å². The van der Waals surface area contributed by atoms with E-state index in [9.17, 15) is 0 Å². The molecule has 3 nitrogen and oxygen atoms in total. The first-order chi connectivity index (χ1) is 7.25. The van der Waals surface area contributed by atoms with Gasteiger partial charge in [0.15, 0.2) is 0 Å². The van der Waals surface area contributed by atoms with Crippen LogP contribution in [0, 0.1) is 0 Å². The van der Waals surface area contributed by atoms with Gasteiger partial charge >= 0.3 is 0 Å². The van der Waals surface area contributed by atoms with E-state index in [1.807, 2.05) is 6.07 Å². The SMILES string of the molecule is CC(C)Nc1ccc2c(c1)NCCCO2. The minimum absolute atomic E-state index is 0.453. The fourth-order valence-corrected chi connectivity index (χ4v) is 1.69. The number of nitrogens with one attached hydrogen (secondary N) is 2. The van der Waals surface area contributed by atoms with Crippen molar-refractivity contribution in [3.8, 4) is 5.75 Å². The predicted molar refractivity (Wildman–Crippen MR) is 63.8 cm³/mol. The van der Waals surface area contributed by atoms with E-state index in [1.165, 1.54) is 0 Å². The summed E-state index contributed by atoms with van der Waals surface area (Å²) in [4.78, 5) is 0. The summed E-state index contributed by atoms with van der Waals surface area (Å²) in [6.07, 6.45) is 1.06. The molecule has 1 aromatic rings. The van der Waals surface area contributed by atoms with Gasteiger partial charge in [-0.25, -0.2) is 0 Å². The number of benzene rings is 1. The summed E-state index contributed by atoms with van der Waals surface area (Å²) in [5.74, 6) is 0.960. The van der Waals surface area contributed by atoms with Crippen LogP contribution in [0.2, 0.25) is 0 Å². The van der Waals surface area contributed by atoms with Gasteiger partial charge in [0.05, 0.1) is 12.3 Å². The molecule has 0 saturated heterocycles. The maximum Gasteiger partial charge on any atom is 0.142 e. The Balaban J connectivity index is 2.20. The highest BCUT2D eigenvalue weighted by atomic mass is 16.5. The van der Waals surface area contributed by atoms with Crippen molar-refractivity contribution in [3.05, 3.63) is 18.2 Å². The van der Waals surface area contributed by atoms with Gasteiger partial charge in [0.1, 0.15) is 5.75 Å². The molecule has 0 bridgehead atoms. The van der Waals surface area contributed by atoms with Gasteiger partial charge in [0.2, 0.25) is 0 Å². The topological polar surface area (TPSA) is 33.3 Å². The van der Waals surface area contributed by atoms with E-state index in [-0.39, 0.29) is 0 Å². The number of anilines is 2. The fraction of sp³-hybridized carbons (Fsp3) is 0.500. The lowest BCUT2D eigenvalue weighted by Gasteiger charge is -2.13. The second-order valence-electron chi connectivity index (χ2n) is 4.14. The number of fused-ring (bicyclic) bond motifs is 1. The van der Waals surface area contributed by atoms with Gasteiger partial charge in [0, 0.05) is 18.3 Å². The summed E-state index contributed by atoms with van der Waals surface area (Å²) in [6, 6.07) is 6.65. The molecule has 0 amide bonds. The van der Waals surface area contributed by atoms with Gasteiger partial charge < -0.3 is 15.4 Å². The van der Waals surface area contributed by atoms with E-state index in [1.54, 1.807) is 0 Å². The van der Waals surface area contributed by atoms with Crippen molar-refractivity contribution in [2.45, 2.75) is 26.3 Å². The standard InChI is InChI=1S/C12H18N2O/c1-9(2)14-10-4-5-12-11(8-10)13-6-3-7-15-12/h4-5,8-9,13-14H,3,6-7H2,1-2H3. The number of hydrogen-bond donors (Lipinski definition) is 2. The van der Waals surface area contributed by atoms with E-state index in [2.05, 4.69) is 36.6 Å². The molecule has 15 heavy (non-hydrogen) atoms. The lowest BCUT2D eigenvalue weighted by molar-refractivity contribution is 0.323. The molecule has 3 heteroatoms. The molecule has 0 atom stereocenters. The van der Waals surface area contributed by atoms with E-state index in [0.29, 0.717) is 6.04 Å². The highest BCUT2D eigenvalue weighted by molar-refractivity contribution is 5.65. The van der Waals surface area contributed by atoms with Gasteiger partial charge in [-0.3, -0.25) is 0 Å². The molecular weight excluding hydrogens is 188 g/mol. The Morgan fingerprint density at radius 1 is 1.40 bits per heavy atom. The summed E-state index contributed by atoms with van der Waals surface area (Å²) < 4.78 is 5.62. The van der Waals surface area contributed by atoms with Crippen molar-refractivity contribution in [1.29, 1.82) is 0 Å². The molecule has 2 N–H and O–H groups in total. The summed E-state index contributed by atoms with van der Waals surface area (Å²) in [5, 5.41) is 6.75. The third-order valence-electron chi connectivity index (χ3n) is 2.33. The Morgan fingerprint density at radius 2 is 2.27 bits per heavy atom. The fourth-order valence-electron chi connectivity index (χ4n) is 1.69. The Hall–Kier alpha value is -1.38. The molecule has 1 aliphatic heterocycles. The lowest BCUT2D eigenvalue weighted by Crippen LogP contribution is -2.09. The van der Waals surface area contributed by atoms with Crippen LogP contribution in [-0.2, 0) is 0 Å². The molecule has 0 saturated carbocycles. The summed E-state index contributed by atoms with van der Waals surface area (Å²) in [7, 11) is 0. The molecule has 0 unspecified atom stereocenters. The zero-order chi connectivity index (χ0) is 10.7. The molecule has 1 aliphatic rings. The van der Waals surface area contributed by atoms with Gasteiger partial charge in [-0.15, -0.1) is 0 Å².